The second kappa shape index (κ2) is 9.41. The summed E-state index contributed by atoms with van der Waals surface area (Å²) in [6.07, 6.45) is 0. The molecule has 3 rings (SSSR count). The minimum Gasteiger partial charge on any atom is -0.497 e. The van der Waals surface area contributed by atoms with Gasteiger partial charge < -0.3 is 14.5 Å². The van der Waals surface area contributed by atoms with Gasteiger partial charge in [-0.05, 0) is 36.4 Å². The molecule has 1 N–H and O–H groups in total. The fraction of sp³-hybridized carbons (Fsp3) is 0.211. The molecule has 0 amide bonds. The van der Waals surface area contributed by atoms with Crippen molar-refractivity contribution in [2.45, 2.75) is 14.9 Å². The van der Waals surface area contributed by atoms with Gasteiger partial charge in [-0.25, -0.2) is 4.98 Å². The number of imidazole rings is 1. The van der Waals surface area contributed by atoms with Crippen LogP contribution in [0.1, 0.15) is 0 Å². The predicted molar refractivity (Wildman–Crippen MR) is 109 cm³/mol. The largest absolute Gasteiger partial charge is 0.497 e. The summed E-state index contributed by atoms with van der Waals surface area (Å²) in [4.78, 5) is 8.87. The van der Waals surface area contributed by atoms with E-state index in [1.165, 1.54) is 11.8 Å². The summed E-state index contributed by atoms with van der Waals surface area (Å²) >= 11 is 7.40. The van der Waals surface area contributed by atoms with Gasteiger partial charge in [0.15, 0.2) is 0 Å². The zero-order chi connectivity index (χ0) is 19.2. The number of hydrogen-bond acceptors (Lipinski definition) is 5. The molecule has 142 valence electrons. The van der Waals surface area contributed by atoms with E-state index >= 15 is 0 Å². The number of aromatic amines is 1. The summed E-state index contributed by atoms with van der Waals surface area (Å²) in [5, 5.41) is 1.93. The van der Waals surface area contributed by atoms with Crippen molar-refractivity contribution in [3.05, 3.63) is 53.6 Å². The van der Waals surface area contributed by atoms with Crippen molar-refractivity contribution in [1.82, 2.24) is 9.97 Å². The summed E-state index contributed by atoms with van der Waals surface area (Å²) in [6, 6.07) is 15.0. The molecule has 3 aromatic rings. The van der Waals surface area contributed by atoms with Gasteiger partial charge in [0.2, 0.25) is 0 Å². The van der Waals surface area contributed by atoms with E-state index in [9.17, 15) is 4.21 Å². The van der Waals surface area contributed by atoms with Crippen LogP contribution in [0.3, 0.4) is 0 Å². The van der Waals surface area contributed by atoms with Crippen LogP contribution < -0.4 is 4.74 Å². The van der Waals surface area contributed by atoms with E-state index in [1.807, 2.05) is 48.5 Å². The van der Waals surface area contributed by atoms with Crippen molar-refractivity contribution in [1.29, 1.82) is 0 Å². The van der Waals surface area contributed by atoms with Crippen LogP contribution >= 0.6 is 23.4 Å². The molecule has 0 aliphatic rings. The quantitative estimate of drug-likeness (QED) is 0.572. The zero-order valence-corrected chi connectivity index (χ0v) is 17.3. The third-order valence-electron chi connectivity index (χ3n) is 3.71. The Morgan fingerprint density at radius 2 is 1.96 bits per heavy atom. The molecule has 0 bridgehead atoms. The maximum Gasteiger partial charge on any atom is 0.139 e. The Balaban J connectivity index is 1.97. The van der Waals surface area contributed by atoms with Crippen LogP contribution in [-0.4, -0.2) is 40.8 Å². The van der Waals surface area contributed by atoms with Gasteiger partial charge in [-0.1, -0.05) is 35.5 Å². The Labute approximate surface area is 169 Å². The monoisotopic (exact) mass is 422 g/mol. The Morgan fingerprint density at radius 3 is 2.67 bits per heavy atom. The van der Waals surface area contributed by atoms with Gasteiger partial charge in [0, 0.05) is 22.6 Å². The second-order valence-electron chi connectivity index (χ2n) is 5.55. The third-order valence-corrected chi connectivity index (χ3v) is 6.38. The van der Waals surface area contributed by atoms with Crippen LogP contribution in [0.5, 0.6) is 5.75 Å². The Kier molecular flexibility index (Phi) is 6.95. The molecular weight excluding hydrogens is 404 g/mol. The van der Waals surface area contributed by atoms with Gasteiger partial charge in [0.05, 0.1) is 30.3 Å². The Hall–Kier alpha value is -1.80. The van der Waals surface area contributed by atoms with E-state index in [0.29, 0.717) is 33.3 Å². The number of rotatable bonds is 8. The number of aromatic nitrogens is 2. The molecule has 5 nitrogen and oxygen atoms in total. The number of methoxy groups -OCH3 is 2. The smallest absolute Gasteiger partial charge is 0.139 e. The van der Waals surface area contributed by atoms with Crippen molar-refractivity contribution in [2.24, 2.45) is 0 Å². The fourth-order valence-corrected chi connectivity index (χ4v) is 4.63. The number of nitrogens with zero attached hydrogens (tertiary/aromatic N) is 1. The molecule has 0 radical (unpaired) electrons. The lowest BCUT2D eigenvalue weighted by atomic mass is 10.2. The van der Waals surface area contributed by atoms with E-state index in [1.54, 1.807) is 14.2 Å². The zero-order valence-electron chi connectivity index (χ0n) is 14.9. The topological polar surface area (TPSA) is 64.2 Å². The highest BCUT2D eigenvalue weighted by atomic mass is 35.5. The van der Waals surface area contributed by atoms with E-state index in [-0.39, 0.29) is 0 Å². The predicted octanol–water partition coefficient (Wildman–Crippen LogP) is 4.64. The average molecular weight is 423 g/mol. The summed E-state index contributed by atoms with van der Waals surface area (Å²) in [7, 11) is 1.96. The third kappa shape index (κ3) is 5.13. The average Bonchev–Trinajstić information content (AvgIpc) is 3.12. The van der Waals surface area contributed by atoms with E-state index in [0.717, 1.165) is 16.2 Å². The molecule has 0 saturated carbocycles. The van der Waals surface area contributed by atoms with Gasteiger partial charge in [-0.15, -0.1) is 0 Å². The molecule has 0 aliphatic carbocycles. The Morgan fingerprint density at radius 1 is 1.19 bits per heavy atom. The number of halogens is 1. The van der Waals surface area contributed by atoms with E-state index < -0.39 is 10.8 Å². The van der Waals surface area contributed by atoms with Gasteiger partial charge in [-0.2, -0.15) is 0 Å². The minimum absolute atomic E-state index is 0.393. The van der Waals surface area contributed by atoms with Crippen molar-refractivity contribution in [3.8, 4) is 17.1 Å². The normalized spacial score (nSPS) is 12.1. The molecule has 27 heavy (non-hydrogen) atoms. The minimum atomic E-state index is -1.25. The first-order chi connectivity index (χ1) is 13.1. The summed E-state index contributed by atoms with van der Waals surface area (Å²) in [6.45, 7) is 0.408. The number of H-pyrrole nitrogens is 1. The SMILES string of the molecule is COCCS(=O)c1[nH]c(-c2cccc(OC)c2)nc1Sc1ccc(Cl)cc1. The first-order valence-electron chi connectivity index (χ1n) is 8.16. The lowest BCUT2D eigenvalue weighted by Crippen LogP contribution is -2.05. The summed E-state index contributed by atoms with van der Waals surface area (Å²) in [5.41, 5.74) is 0.863. The Bertz CT molecular complexity index is 929. The molecule has 2 aromatic carbocycles. The highest BCUT2D eigenvalue weighted by Gasteiger charge is 2.18. The van der Waals surface area contributed by atoms with Gasteiger partial charge in [0.1, 0.15) is 21.6 Å². The molecule has 0 spiro atoms. The van der Waals surface area contributed by atoms with Crippen molar-refractivity contribution in [3.63, 3.8) is 0 Å². The lowest BCUT2D eigenvalue weighted by molar-refractivity contribution is 0.218. The van der Waals surface area contributed by atoms with Crippen LogP contribution in [-0.2, 0) is 15.5 Å². The fourth-order valence-electron chi connectivity index (χ4n) is 2.35. The molecular formula is C19H19ClN2O3S2. The summed E-state index contributed by atoms with van der Waals surface area (Å²) in [5.74, 6) is 1.77. The first kappa shape index (κ1) is 19.9. The highest BCUT2D eigenvalue weighted by molar-refractivity contribution is 7.99. The van der Waals surface area contributed by atoms with Gasteiger partial charge in [0.25, 0.3) is 0 Å². The maximum atomic E-state index is 12.7. The van der Waals surface area contributed by atoms with Gasteiger partial charge in [-0.3, -0.25) is 4.21 Å². The van der Waals surface area contributed by atoms with E-state index in [4.69, 9.17) is 21.1 Å². The molecule has 8 heteroatoms. The van der Waals surface area contributed by atoms with Crippen molar-refractivity contribution in [2.75, 3.05) is 26.6 Å². The van der Waals surface area contributed by atoms with Crippen LogP contribution in [0.2, 0.25) is 5.02 Å². The number of ether oxygens (including phenoxy) is 2. The van der Waals surface area contributed by atoms with Crippen LogP contribution in [0.4, 0.5) is 0 Å². The number of nitrogens with one attached hydrogen (secondary N) is 1. The first-order valence-corrected chi connectivity index (χ1v) is 10.7. The second-order valence-corrected chi connectivity index (χ2v) is 8.56. The number of benzene rings is 2. The number of hydrogen-bond donors (Lipinski definition) is 1. The van der Waals surface area contributed by atoms with Crippen LogP contribution in [0, 0.1) is 0 Å². The molecule has 1 unspecified atom stereocenters. The maximum absolute atomic E-state index is 12.7. The highest BCUT2D eigenvalue weighted by Crippen LogP contribution is 2.34. The molecule has 1 aromatic heterocycles. The van der Waals surface area contributed by atoms with Crippen LogP contribution in [0.25, 0.3) is 11.4 Å². The van der Waals surface area contributed by atoms with Crippen LogP contribution in [0.15, 0.2) is 63.5 Å². The summed E-state index contributed by atoms with van der Waals surface area (Å²) < 4.78 is 23.1. The van der Waals surface area contributed by atoms with Crippen molar-refractivity contribution >= 4 is 34.2 Å². The van der Waals surface area contributed by atoms with Crippen molar-refractivity contribution < 1.29 is 13.7 Å². The molecule has 0 saturated heterocycles. The molecule has 0 aliphatic heterocycles. The standard InChI is InChI=1S/C19H19ClN2O3S2/c1-24-10-11-27(23)19-18(26-16-8-6-14(20)7-9-16)21-17(22-19)13-4-3-5-15(12-13)25-2/h3-9,12H,10-11H2,1-2H3,(H,21,22). The molecule has 1 atom stereocenters. The van der Waals surface area contributed by atoms with E-state index in [2.05, 4.69) is 9.97 Å². The molecule has 0 fully saturated rings. The van der Waals surface area contributed by atoms with Gasteiger partial charge >= 0.3 is 0 Å². The lowest BCUT2D eigenvalue weighted by Gasteiger charge is -2.03. The molecule has 1 heterocycles.